The first-order valence-electron chi connectivity index (χ1n) is 16.9. The second-order valence-corrected chi connectivity index (χ2v) is 14.5. The summed E-state index contributed by atoms with van der Waals surface area (Å²) in [7, 11) is 0. The first kappa shape index (κ1) is 30.9. The zero-order valence-corrected chi connectivity index (χ0v) is 27.5. The van der Waals surface area contributed by atoms with Crippen LogP contribution in [0.25, 0.3) is 22.3 Å². The number of benzene rings is 3. The molecule has 42 heavy (non-hydrogen) atoms. The Morgan fingerprint density at radius 3 is 1.36 bits per heavy atom. The van der Waals surface area contributed by atoms with Crippen LogP contribution in [0.2, 0.25) is 5.82 Å². The summed E-state index contributed by atoms with van der Waals surface area (Å²) in [5.74, 6) is 2.61. The average molecular weight is 564 g/mol. The lowest BCUT2D eigenvalue weighted by Gasteiger charge is -2.32. The van der Waals surface area contributed by atoms with Crippen LogP contribution in [0.3, 0.4) is 0 Å². The number of hydrogen-bond acceptors (Lipinski definition) is 2. The van der Waals surface area contributed by atoms with E-state index in [1.165, 1.54) is 75.9 Å². The Balaban J connectivity index is 1.84. The molecule has 5 rings (SSSR count). The number of para-hydroxylation sites is 1. The van der Waals surface area contributed by atoms with Crippen molar-refractivity contribution in [1.82, 2.24) is 0 Å². The van der Waals surface area contributed by atoms with Crippen LogP contribution in [0.15, 0.2) is 54.6 Å². The standard InChI is InChI=1S/C39H54BNO/c1-24(2)30-18-11-19-31(25(3)4)36(30)34-22-13-23-35(37-32(26(5)6)20-12-21-33(37)27(7)8)38(34)41-39-28-14-9-16-29(40(39)42)17-10-15-28/h11-13,18-29,39,41-42H,9-10,14-17H2,1-8H3. The van der Waals surface area contributed by atoms with Gasteiger partial charge in [-0.2, -0.15) is 0 Å². The Morgan fingerprint density at radius 1 is 0.595 bits per heavy atom. The predicted octanol–water partition coefficient (Wildman–Crippen LogP) is 11.2. The lowest BCUT2D eigenvalue weighted by atomic mass is 9.48. The zero-order valence-electron chi connectivity index (χ0n) is 27.5. The molecule has 3 aromatic rings. The third kappa shape index (κ3) is 5.96. The van der Waals surface area contributed by atoms with Gasteiger partial charge in [-0.1, -0.05) is 136 Å². The van der Waals surface area contributed by atoms with Gasteiger partial charge in [-0.05, 0) is 81.6 Å². The second kappa shape index (κ2) is 13.0. The van der Waals surface area contributed by atoms with Crippen LogP contribution in [0.5, 0.6) is 0 Å². The minimum Gasteiger partial charge on any atom is -0.448 e. The Bertz CT molecular complexity index is 1230. The van der Waals surface area contributed by atoms with E-state index >= 15 is 0 Å². The summed E-state index contributed by atoms with van der Waals surface area (Å²) < 4.78 is 0. The van der Waals surface area contributed by atoms with Crippen LogP contribution in [-0.2, 0) is 0 Å². The number of fused-ring (bicyclic) bond motifs is 3. The van der Waals surface area contributed by atoms with Gasteiger partial charge in [0.15, 0.2) is 0 Å². The van der Waals surface area contributed by atoms with Crippen LogP contribution < -0.4 is 5.32 Å². The van der Waals surface area contributed by atoms with Crippen molar-refractivity contribution in [3.8, 4) is 22.3 Å². The average Bonchev–Trinajstić information content (AvgIpc) is 3.18. The van der Waals surface area contributed by atoms with Gasteiger partial charge < -0.3 is 10.3 Å². The van der Waals surface area contributed by atoms with Crippen molar-refractivity contribution < 1.29 is 5.02 Å². The Kier molecular flexibility index (Phi) is 9.58. The monoisotopic (exact) mass is 563 g/mol. The number of rotatable bonds is 8. The van der Waals surface area contributed by atoms with Crippen LogP contribution in [0, 0.1) is 5.92 Å². The van der Waals surface area contributed by atoms with E-state index < -0.39 is 0 Å². The highest BCUT2D eigenvalue weighted by Crippen LogP contribution is 2.48. The fourth-order valence-electron chi connectivity index (χ4n) is 8.06. The molecule has 0 saturated carbocycles. The molecule has 1 atom stereocenters. The molecule has 2 fully saturated rings. The summed E-state index contributed by atoms with van der Waals surface area (Å²) in [4.78, 5) is 0. The van der Waals surface area contributed by atoms with Gasteiger partial charge in [0, 0.05) is 22.8 Å². The van der Waals surface area contributed by atoms with E-state index in [-0.39, 0.29) is 12.9 Å². The largest absolute Gasteiger partial charge is 0.448 e. The van der Waals surface area contributed by atoms with Gasteiger partial charge in [0.25, 0.3) is 0 Å². The molecule has 224 valence electrons. The van der Waals surface area contributed by atoms with Gasteiger partial charge in [0.05, 0.1) is 0 Å². The lowest BCUT2D eigenvalue weighted by Crippen LogP contribution is -2.44. The van der Waals surface area contributed by atoms with E-state index in [9.17, 15) is 5.02 Å². The van der Waals surface area contributed by atoms with Crippen molar-refractivity contribution in [1.29, 1.82) is 0 Å². The van der Waals surface area contributed by atoms with Gasteiger partial charge >= 0.3 is 6.92 Å². The van der Waals surface area contributed by atoms with E-state index in [0.717, 1.165) is 12.8 Å². The van der Waals surface area contributed by atoms with Gasteiger partial charge in [0.2, 0.25) is 0 Å². The fourth-order valence-corrected chi connectivity index (χ4v) is 8.06. The van der Waals surface area contributed by atoms with E-state index in [1.54, 1.807) is 0 Å². The molecule has 0 aromatic heterocycles. The van der Waals surface area contributed by atoms with Crippen molar-refractivity contribution in [2.24, 2.45) is 5.92 Å². The van der Waals surface area contributed by atoms with Crippen LogP contribution in [-0.4, -0.2) is 17.9 Å². The maximum Gasteiger partial charge on any atom is 0.315 e. The molecule has 0 spiro atoms. The molecule has 2 N–H and O–H groups in total. The van der Waals surface area contributed by atoms with Crippen molar-refractivity contribution in [2.75, 3.05) is 5.32 Å². The first-order valence-corrected chi connectivity index (χ1v) is 16.9. The molecule has 2 bridgehead atoms. The molecular formula is C39H54BNO. The van der Waals surface area contributed by atoms with Crippen LogP contribution in [0.4, 0.5) is 5.69 Å². The lowest BCUT2D eigenvalue weighted by molar-refractivity contribution is 0.398. The summed E-state index contributed by atoms with van der Waals surface area (Å²) in [6.45, 7) is 18.3. The topological polar surface area (TPSA) is 32.3 Å². The first-order chi connectivity index (χ1) is 20.1. The zero-order chi connectivity index (χ0) is 30.1. The fraction of sp³-hybridized carbons (Fsp3) is 0.538. The molecule has 0 aliphatic carbocycles. The third-order valence-electron chi connectivity index (χ3n) is 10.3. The minimum absolute atomic E-state index is 0.0716. The SMILES string of the molecule is CC(C)c1cccc(C(C)C)c1-c1cccc(-c2c(C(C)C)cccc2C(C)C)c1NC1B(O)C2CCCC1CCC2. The van der Waals surface area contributed by atoms with Gasteiger partial charge in [0.1, 0.15) is 0 Å². The molecule has 2 nitrogen and oxygen atoms in total. The molecule has 2 saturated heterocycles. The van der Waals surface area contributed by atoms with E-state index in [1.807, 2.05) is 0 Å². The smallest absolute Gasteiger partial charge is 0.315 e. The summed E-state index contributed by atoms with van der Waals surface area (Å²) in [6.07, 6.45) is 7.21. The summed E-state index contributed by atoms with van der Waals surface area (Å²) in [6, 6.07) is 20.8. The van der Waals surface area contributed by atoms with Crippen LogP contribution >= 0.6 is 0 Å². The normalized spacial score (nSPS) is 21.0. The number of hydrogen-bond donors (Lipinski definition) is 2. The van der Waals surface area contributed by atoms with Gasteiger partial charge in [-0.3, -0.25) is 0 Å². The molecule has 2 heterocycles. The third-order valence-corrected chi connectivity index (χ3v) is 10.3. The second-order valence-electron chi connectivity index (χ2n) is 14.5. The van der Waals surface area contributed by atoms with Crippen LogP contribution in [0.1, 0.15) is 140 Å². The quantitative estimate of drug-likeness (QED) is 0.267. The molecular weight excluding hydrogens is 509 g/mol. The van der Waals surface area contributed by atoms with Crippen molar-refractivity contribution in [2.45, 2.75) is 129 Å². The Hall–Kier alpha value is -2.52. The molecule has 2 aliphatic rings. The maximum atomic E-state index is 11.9. The number of anilines is 1. The highest BCUT2D eigenvalue weighted by molar-refractivity contribution is 6.55. The Morgan fingerprint density at radius 2 is 0.976 bits per heavy atom. The van der Waals surface area contributed by atoms with Crippen molar-refractivity contribution in [3.63, 3.8) is 0 Å². The molecule has 1 unspecified atom stereocenters. The summed E-state index contributed by atoms with van der Waals surface area (Å²) in [5, 5.41) is 16.1. The van der Waals surface area contributed by atoms with E-state index in [2.05, 4.69) is 115 Å². The molecule has 2 aliphatic heterocycles. The Labute approximate surface area is 256 Å². The highest BCUT2D eigenvalue weighted by Gasteiger charge is 2.42. The molecule has 3 heteroatoms. The molecule has 0 amide bonds. The summed E-state index contributed by atoms with van der Waals surface area (Å²) >= 11 is 0. The molecule has 0 radical (unpaired) electrons. The predicted molar refractivity (Wildman–Crippen MR) is 184 cm³/mol. The van der Waals surface area contributed by atoms with Gasteiger partial charge in [-0.25, -0.2) is 0 Å². The number of nitrogens with one attached hydrogen (secondary N) is 1. The summed E-state index contributed by atoms with van der Waals surface area (Å²) in [5.41, 5.74) is 12.2. The van der Waals surface area contributed by atoms with E-state index in [0.29, 0.717) is 35.4 Å². The maximum absolute atomic E-state index is 11.9. The van der Waals surface area contributed by atoms with E-state index in [4.69, 9.17) is 0 Å². The van der Waals surface area contributed by atoms with Crippen molar-refractivity contribution >= 4 is 12.6 Å². The molecule has 3 aromatic carbocycles. The van der Waals surface area contributed by atoms with Crippen molar-refractivity contribution in [3.05, 3.63) is 76.9 Å². The highest BCUT2D eigenvalue weighted by atomic mass is 16.2. The van der Waals surface area contributed by atoms with Gasteiger partial charge in [-0.15, -0.1) is 0 Å². The minimum atomic E-state index is -0.310.